The van der Waals surface area contributed by atoms with Crippen molar-refractivity contribution in [3.8, 4) is 5.75 Å². The number of aliphatic hydroxyl groups excluding tert-OH is 1. The molecule has 2 unspecified atom stereocenters. The molecule has 0 spiro atoms. The molecule has 0 saturated carbocycles. The highest BCUT2D eigenvalue weighted by Gasteiger charge is 2.39. The molecule has 1 heterocycles. The second kappa shape index (κ2) is 4.42. The molecular weight excluding hydrogens is 234 g/mol. The molecule has 1 aliphatic rings. The summed E-state index contributed by atoms with van der Waals surface area (Å²) in [7, 11) is 1.50. The number of hydrogen-bond donors (Lipinski definition) is 1. The molecule has 2 rings (SSSR count). The zero-order valence-corrected chi connectivity index (χ0v) is 10.5. The van der Waals surface area contributed by atoms with Crippen molar-refractivity contribution >= 4 is 17.4 Å². The average Bonchev–Trinajstić information content (AvgIpc) is 2.61. The molecule has 96 valence electrons. The Morgan fingerprint density at radius 1 is 1.28 bits per heavy atom. The summed E-state index contributed by atoms with van der Waals surface area (Å²) in [6, 6.07) is 4.45. The summed E-state index contributed by atoms with van der Waals surface area (Å²) in [5, 5.41) is 9.58. The van der Waals surface area contributed by atoms with Gasteiger partial charge in [0.05, 0.1) is 30.5 Å². The average molecular weight is 249 g/mol. The molecule has 0 bridgehead atoms. The van der Waals surface area contributed by atoms with Gasteiger partial charge in [-0.25, -0.2) is 0 Å². The number of anilines is 1. The molecule has 0 aliphatic carbocycles. The topological polar surface area (TPSA) is 66.8 Å². The first-order valence-corrected chi connectivity index (χ1v) is 5.71. The molecule has 18 heavy (non-hydrogen) atoms. The number of carbonyl (C=O) groups is 2. The Bertz CT molecular complexity index is 510. The summed E-state index contributed by atoms with van der Waals surface area (Å²) in [6.45, 7) is 3.29. The summed E-state index contributed by atoms with van der Waals surface area (Å²) >= 11 is 0. The van der Waals surface area contributed by atoms with Crippen molar-refractivity contribution in [3.05, 3.63) is 23.8 Å². The lowest BCUT2D eigenvalue weighted by Gasteiger charge is -2.26. The number of amides is 1. The number of hydrogen-bond acceptors (Lipinski definition) is 4. The monoisotopic (exact) mass is 249 g/mol. The SMILES string of the molecule is COc1ccc2c(c1)C(=O)C(=O)N2C(C)C(C)O. The van der Waals surface area contributed by atoms with Gasteiger partial charge in [0.2, 0.25) is 0 Å². The van der Waals surface area contributed by atoms with Gasteiger partial charge in [-0.15, -0.1) is 0 Å². The zero-order chi connectivity index (χ0) is 13.4. The maximum atomic E-state index is 11.9. The molecule has 5 nitrogen and oxygen atoms in total. The number of benzene rings is 1. The van der Waals surface area contributed by atoms with Crippen LogP contribution in [0.2, 0.25) is 0 Å². The highest BCUT2D eigenvalue weighted by molar-refractivity contribution is 6.52. The van der Waals surface area contributed by atoms with Gasteiger partial charge >= 0.3 is 0 Å². The Balaban J connectivity index is 2.50. The van der Waals surface area contributed by atoms with E-state index in [1.807, 2.05) is 0 Å². The summed E-state index contributed by atoms with van der Waals surface area (Å²) in [5.74, 6) is -0.635. The predicted molar refractivity (Wildman–Crippen MR) is 66.0 cm³/mol. The first-order chi connectivity index (χ1) is 8.47. The van der Waals surface area contributed by atoms with Gasteiger partial charge in [-0.2, -0.15) is 0 Å². The molecule has 1 aliphatic heterocycles. The third-order valence-corrected chi connectivity index (χ3v) is 3.23. The van der Waals surface area contributed by atoms with E-state index >= 15 is 0 Å². The normalized spacial score (nSPS) is 17.7. The first kappa shape index (κ1) is 12.6. The first-order valence-electron chi connectivity index (χ1n) is 5.71. The fourth-order valence-electron chi connectivity index (χ4n) is 1.99. The number of carbonyl (C=O) groups excluding carboxylic acids is 2. The summed E-state index contributed by atoms with van der Waals surface area (Å²) in [6.07, 6.45) is -0.713. The van der Waals surface area contributed by atoms with E-state index in [2.05, 4.69) is 0 Å². The predicted octanol–water partition coefficient (Wildman–Crippen LogP) is 0.994. The van der Waals surface area contributed by atoms with Crippen LogP contribution in [0, 0.1) is 0 Å². The molecule has 1 N–H and O–H groups in total. The Hall–Kier alpha value is -1.88. The van der Waals surface area contributed by atoms with Crippen molar-refractivity contribution in [2.45, 2.75) is 26.0 Å². The van der Waals surface area contributed by atoms with Crippen LogP contribution in [0.1, 0.15) is 24.2 Å². The number of fused-ring (bicyclic) bond motifs is 1. The minimum Gasteiger partial charge on any atom is -0.497 e. The van der Waals surface area contributed by atoms with Crippen LogP contribution in [-0.2, 0) is 4.79 Å². The quantitative estimate of drug-likeness (QED) is 0.811. The molecule has 1 aromatic rings. The number of methoxy groups -OCH3 is 1. The third-order valence-electron chi connectivity index (χ3n) is 3.23. The van der Waals surface area contributed by atoms with E-state index in [-0.39, 0.29) is 0 Å². The van der Waals surface area contributed by atoms with Crippen molar-refractivity contribution in [3.63, 3.8) is 0 Å². The van der Waals surface area contributed by atoms with Gasteiger partial charge in [0.1, 0.15) is 5.75 Å². The van der Waals surface area contributed by atoms with Crippen LogP contribution in [0.15, 0.2) is 18.2 Å². The molecule has 0 radical (unpaired) electrons. The van der Waals surface area contributed by atoms with E-state index in [0.717, 1.165) is 0 Å². The Morgan fingerprint density at radius 3 is 2.50 bits per heavy atom. The number of aliphatic hydroxyl groups is 1. The zero-order valence-electron chi connectivity index (χ0n) is 10.5. The minimum atomic E-state index is -0.713. The van der Waals surface area contributed by atoms with Crippen LogP contribution < -0.4 is 9.64 Å². The van der Waals surface area contributed by atoms with Crippen LogP contribution in [0.4, 0.5) is 5.69 Å². The molecular formula is C13H15NO4. The maximum Gasteiger partial charge on any atom is 0.299 e. The van der Waals surface area contributed by atoms with E-state index in [9.17, 15) is 14.7 Å². The number of rotatable bonds is 3. The summed E-state index contributed by atoms with van der Waals surface area (Å²) in [4.78, 5) is 25.1. The van der Waals surface area contributed by atoms with Crippen LogP contribution in [0.5, 0.6) is 5.75 Å². The van der Waals surface area contributed by atoms with E-state index in [4.69, 9.17) is 4.74 Å². The van der Waals surface area contributed by atoms with Crippen LogP contribution in [0.3, 0.4) is 0 Å². The van der Waals surface area contributed by atoms with Gasteiger partial charge in [-0.05, 0) is 32.0 Å². The molecule has 0 fully saturated rings. The maximum absolute atomic E-state index is 11.9. The molecule has 2 atom stereocenters. The van der Waals surface area contributed by atoms with Gasteiger partial charge in [-0.3, -0.25) is 14.5 Å². The number of ether oxygens (including phenoxy) is 1. The fourth-order valence-corrected chi connectivity index (χ4v) is 1.99. The number of nitrogens with zero attached hydrogens (tertiary/aromatic N) is 1. The molecule has 1 amide bonds. The van der Waals surface area contributed by atoms with Crippen LogP contribution in [0.25, 0.3) is 0 Å². The molecule has 0 saturated heterocycles. The van der Waals surface area contributed by atoms with Crippen molar-refractivity contribution in [2.24, 2.45) is 0 Å². The second-order valence-electron chi connectivity index (χ2n) is 4.37. The highest BCUT2D eigenvalue weighted by atomic mass is 16.5. The lowest BCUT2D eigenvalue weighted by Crippen LogP contribution is -2.43. The number of ketones is 1. The standard InChI is InChI=1S/C13H15NO4/c1-7(8(2)15)14-11-5-4-9(18-3)6-10(11)12(16)13(14)17/h4-8,15H,1-3H3. The van der Waals surface area contributed by atoms with Gasteiger partial charge in [0.25, 0.3) is 11.7 Å². The third kappa shape index (κ3) is 1.76. The van der Waals surface area contributed by atoms with Gasteiger partial charge < -0.3 is 9.84 Å². The van der Waals surface area contributed by atoms with Gasteiger partial charge in [0.15, 0.2) is 0 Å². The largest absolute Gasteiger partial charge is 0.497 e. The fraction of sp³-hybridized carbons (Fsp3) is 0.385. The number of Topliss-reactive ketones (excluding diaryl/α,β-unsaturated/α-hetero) is 1. The summed E-state index contributed by atoms with van der Waals surface area (Å²) in [5.41, 5.74) is 0.853. The lowest BCUT2D eigenvalue weighted by atomic mass is 10.1. The molecule has 1 aromatic carbocycles. The molecule has 0 aromatic heterocycles. The van der Waals surface area contributed by atoms with Crippen LogP contribution >= 0.6 is 0 Å². The lowest BCUT2D eigenvalue weighted by molar-refractivity contribution is -0.115. The van der Waals surface area contributed by atoms with E-state index in [1.165, 1.54) is 12.0 Å². The Morgan fingerprint density at radius 2 is 1.94 bits per heavy atom. The smallest absolute Gasteiger partial charge is 0.299 e. The minimum absolute atomic E-state index is 0.326. The van der Waals surface area contributed by atoms with Crippen molar-refractivity contribution < 1.29 is 19.4 Å². The van der Waals surface area contributed by atoms with E-state index in [1.54, 1.807) is 32.0 Å². The van der Waals surface area contributed by atoms with E-state index < -0.39 is 23.8 Å². The molecule has 5 heteroatoms. The van der Waals surface area contributed by atoms with Crippen molar-refractivity contribution in [1.29, 1.82) is 0 Å². The van der Waals surface area contributed by atoms with Gasteiger partial charge in [-0.1, -0.05) is 0 Å². The Labute approximate surface area is 105 Å². The van der Waals surface area contributed by atoms with E-state index in [0.29, 0.717) is 17.0 Å². The highest BCUT2D eigenvalue weighted by Crippen LogP contribution is 2.33. The summed E-state index contributed by atoms with van der Waals surface area (Å²) < 4.78 is 5.03. The van der Waals surface area contributed by atoms with Crippen molar-refractivity contribution in [2.75, 3.05) is 12.0 Å². The van der Waals surface area contributed by atoms with Crippen molar-refractivity contribution in [1.82, 2.24) is 0 Å². The van der Waals surface area contributed by atoms with Crippen LogP contribution in [-0.4, -0.2) is 36.1 Å². The van der Waals surface area contributed by atoms with Gasteiger partial charge in [0, 0.05) is 0 Å². The second-order valence-corrected chi connectivity index (χ2v) is 4.37. The Kier molecular flexibility index (Phi) is 3.09.